The van der Waals surface area contributed by atoms with Gasteiger partial charge in [-0.3, -0.25) is 10.1 Å². The number of aryl methyl sites for hydroxylation is 1. The molecular weight excluding hydrogens is 437 g/mol. The number of ether oxygens (including phenoxy) is 2. The van der Waals surface area contributed by atoms with E-state index in [1.165, 1.54) is 24.5 Å². The molecule has 7 nitrogen and oxygen atoms in total. The summed E-state index contributed by atoms with van der Waals surface area (Å²) in [6, 6.07) is 15.0. The molecule has 0 saturated carbocycles. The van der Waals surface area contributed by atoms with Gasteiger partial charge < -0.3 is 14.8 Å². The third-order valence-electron chi connectivity index (χ3n) is 5.15. The van der Waals surface area contributed by atoms with E-state index in [0.717, 1.165) is 5.56 Å². The zero-order valence-corrected chi connectivity index (χ0v) is 17.6. The highest BCUT2D eigenvalue weighted by molar-refractivity contribution is 5.94. The van der Waals surface area contributed by atoms with Crippen molar-refractivity contribution in [3.8, 4) is 5.75 Å². The Kier molecular flexibility index (Phi) is 6.30. The molecule has 1 atom stereocenters. The van der Waals surface area contributed by atoms with Crippen molar-refractivity contribution >= 4 is 11.7 Å². The van der Waals surface area contributed by atoms with Gasteiger partial charge in [0.1, 0.15) is 17.9 Å². The number of benzene rings is 2. The molecule has 0 saturated heterocycles. The van der Waals surface area contributed by atoms with Crippen LogP contribution in [0.15, 0.2) is 60.9 Å². The molecule has 2 aromatic carbocycles. The number of carbonyl (C=O) groups excluding carboxylic acids is 1. The lowest BCUT2D eigenvalue weighted by Gasteiger charge is -2.39. The van der Waals surface area contributed by atoms with E-state index < -0.39 is 12.1 Å². The number of alkyl halides is 3. The molecule has 1 amide bonds. The third-order valence-corrected chi connectivity index (χ3v) is 5.15. The molecule has 4 rings (SSSR count). The van der Waals surface area contributed by atoms with Crippen molar-refractivity contribution in [1.82, 2.24) is 15.3 Å². The standard InChI is InChI=1S/C23H21F3N4O3/c1-15-20-21(28-14-27-15)30-19(31)11-22(20,32-13-16-6-3-2-4-7-16)29-12-17-8-5-9-18(10-17)33-23(24,25)26/h2-10,14,29H,11-13H2,1H3,(H,27,28,30,31). The zero-order valence-electron chi connectivity index (χ0n) is 17.6. The number of nitrogens with one attached hydrogen (secondary N) is 2. The number of rotatable bonds is 7. The van der Waals surface area contributed by atoms with Crippen LogP contribution in [0, 0.1) is 6.92 Å². The van der Waals surface area contributed by atoms with Gasteiger partial charge in [-0.15, -0.1) is 13.2 Å². The number of amides is 1. The highest BCUT2D eigenvalue weighted by atomic mass is 19.4. The maximum absolute atomic E-state index is 12.6. The van der Waals surface area contributed by atoms with E-state index in [0.29, 0.717) is 22.6 Å². The van der Waals surface area contributed by atoms with E-state index in [-0.39, 0.29) is 31.2 Å². The molecule has 33 heavy (non-hydrogen) atoms. The summed E-state index contributed by atoms with van der Waals surface area (Å²) in [6.07, 6.45) is -3.51. The summed E-state index contributed by atoms with van der Waals surface area (Å²) in [5.41, 5.74) is 1.29. The third kappa shape index (κ3) is 5.47. The molecule has 0 spiro atoms. The predicted octanol–water partition coefficient (Wildman–Crippen LogP) is 4.19. The van der Waals surface area contributed by atoms with E-state index in [2.05, 4.69) is 25.3 Å². The normalized spacial score (nSPS) is 17.9. The number of aromatic nitrogens is 2. The Labute approximate surface area is 188 Å². The van der Waals surface area contributed by atoms with E-state index in [4.69, 9.17) is 4.74 Å². The molecule has 3 aromatic rings. The van der Waals surface area contributed by atoms with Gasteiger partial charge in [0.2, 0.25) is 5.91 Å². The van der Waals surface area contributed by atoms with Crippen molar-refractivity contribution in [3.05, 3.63) is 83.3 Å². The lowest BCUT2D eigenvalue weighted by atomic mass is 9.93. The monoisotopic (exact) mass is 458 g/mol. The molecule has 1 unspecified atom stereocenters. The summed E-state index contributed by atoms with van der Waals surface area (Å²) in [6.45, 7) is 2.06. The van der Waals surface area contributed by atoms with Crippen molar-refractivity contribution in [2.75, 3.05) is 5.32 Å². The van der Waals surface area contributed by atoms with Gasteiger partial charge in [0, 0.05) is 6.54 Å². The van der Waals surface area contributed by atoms with Gasteiger partial charge in [0.05, 0.1) is 24.3 Å². The Hall–Kier alpha value is -3.50. The number of anilines is 1. The smallest absolute Gasteiger partial charge is 0.406 e. The molecule has 2 N–H and O–H groups in total. The summed E-state index contributed by atoms with van der Waals surface area (Å²) in [5.74, 6) is -0.314. The minimum Gasteiger partial charge on any atom is -0.406 e. The second kappa shape index (κ2) is 9.16. The van der Waals surface area contributed by atoms with Crippen LogP contribution in [0.4, 0.5) is 19.0 Å². The molecule has 172 valence electrons. The van der Waals surface area contributed by atoms with Crippen LogP contribution in [0.5, 0.6) is 5.75 Å². The Morgan fingerprint density at radius 3 is 2.61 bits per heavy atom. The van der Waals surface area contributed by atoms with Crippen LogP contribution in [-0.2, 0) is 28.4 Å². The van der Waals surface area contributed by atoms with Crippen molar-refractivity contribution < 1.29 is 27.4 Å². The first-order chi connectivity index (χ1) is 15.7. The number of hydrogen-bond donors (Lipinski definition) is 2. The quantitative estimate of drug-likeness (QED) is 0.517. The van der Waals surface area contributed by atoms with Gasteiger partial charge in [-0.1, -0.05) is 42.5 Å². The van der Waals surface area contributed by atoms with Crippen molar-refractivity contribution in [3.63, 3.8) is 0 Å². The van der Waals surface area contributed by atoms with Gasteiger partial charge >= 0.3 is 6.36 Å². The van der Waals surface area contributed by atoms with Crippen LogP contribution in [-0.4, -0.2) is 22.2 Å². The molecular formula is C23H21F3N4O3. The van der Waals surface area contributed by atoms with Crippen LogP contribution < -0.4 is 15.4 Å². The molecule has 1 aliphatic heterocycles. The minimum absolute atomic E-state index is 0.0697. The number of hydrogen-bond acceptors (Lipinski definition) is 6. The Balaban J connectivity index is 1.65. The molecule has 2 heterocycles. The van der Waals surface area contributed by atoms with Crippen LogP contribution in [0.1, 0.15) is 28.8 Å². The van der Waals surface area contributed by atoms with Gasteiger partial charge in [0.25, 0.3) is 0 Å². The maximum Gasteiger partial charge on any atom is 0.573 e. The van der Waals surface area contributed by atoms with Crippen LogP contribution in [0.3, 0.4) is 0 Å². The highest BCUT2D eigenvalue weighted by Crippen LogP contribution is 2.38. The highest BCUT2D eigenvalue weighted by Gasteiger charge is 2.43. The Bertz CT molecular complexity index is 1140. The molecule has 0 fully saturated rings. The number of fused-ring (bicyclic) bond motifs is 1. The molecule has 0 bridgehead atoms. The fraction of sp³-hybridized carbons (Fsp3) is 0.261. The van der Waals surface area contributed by atoms with Gasteiger partial charge in [0.15, 0.2) is 5.72 Å². The van der Waals surface area contributed by atoms with Gasteiger partial charge in [-0.05, 0) is 30.2 Å². The molecule has 0 aliphatic carbocycles. The zero-order chi connectivity index (χ0) is 23.5. The summed E-state index contributed by atoms with van der Waals surface area (Å²) in [5, 5.41) is 5.97. The molecule has 1 aromatic heterocycles. The first-order valence-electron chi connectivity index (χ1n) is 10.1. The second-order valence-electron chi connectivity index (χ2n) is 7.56. The van der Waals surface area contributed by atoms with E-state index in [9.17, 15) is 18.0 Å². The SMILES string of the molecule is Cc1ncnc2c1C(NCc1cccc(OC(F)(F)F)c1)(OCc1ccccc1)CC(=O)N2. The lowest BCUT2D eigenvalue weighted by molar-refractivity contribution is -0.274. The predicted molar refractivity (Wildman–Crippen MR) is 113 cm³/mol. The molecule has 10 heteroatoms. The van der Waals surface area contributed by atoms with Crippen LogP contribution in [0.25, 0.3) is 0 Å². The van der Waals surface area contributed by atoms with Gasteiger partial charge in [-0.25, -0.2) is 9.97 Å². The van der Waals surface area contributed by atoms with E-state index in [1.807, 2.05) is 30.3 Å². The average Bonchev–Trinajstić information content (AvgIpc) is 2.76. The molecule has 0 radical (unpaired) electrons. The van der Waals surface area contributed by atoms with Crippen molar-refractivity contribution in [2.45, 2.75) is 38.6 Å². The number of nitrogens with zero attached hydrogens (tertiary/aromatic N) is 2. The topological polar surface area (TPSA) is 85.4 Å². The summed E-state index contributed by atoms with van der Waals surface area (Å²) >= 11 is 0. The van der Waals surface area contributed by atoms with Crippen LogP contribution in [0.2, 0.25) is 0 Å². The van der Waals surface area contributed by atoms with Gasteiger partial charge in [-0.2, -0.15) is 0 Å². The summed E-state index contributed by atoms with van der Waals surface area (Å²) < 4.78 is 48.1. The average molecular weight is 458 g/mol. The lowest BCUT2D eigenvalue weighted by Crippen LogP contribution is -2.51. The first-order valence-corrected chi connectivity index (χ1v) is 10.1. The maximum atomic E-state index is 12.6. The fourth-order valence-corrected chi connectivity index (χ4v) is 3.75. The van der Waals surface area contributed by atoms with E-state index >= 15 is 0 Å². The van der Waals surface area contributed by atoms with Crippen molar-refractivity contribution in [1.29, 1.82) is 0 Å². The Morgan fingerprint density at radius 1 is 1.09 bits per heavy atom. The number of halogens is 3. The summed E-state index contributed by atoms with van der Waals surface area (Å²) in [7, 11) is 0. The number of carbonyl (C=O) groups is 1. The Morgan fingerprint density at radius 2 is 1.85 bits per heavy atom. The van der Waals surface area contributed by atoms with Crippen LogP contribution >= 0.6 is 0 Å². The minimum atomic E-state index is -4.79. The first kappa shape index (κ1) is 22.7. The van der Waals surface area contributed by atoms with Crippen molar-refractivity contribution in [2.24, 2.45) is 0 Å². The molecule has 1 aliphatic rings. The van der Waals surface area contributed by atoms with E-state index in [1.54, 1.807) is 13.0 Å². The second-order valence-corrected chi connectivity index (χ2v) is 7.56. The summed E-state index contributed by atoms with van der Waals surface area (Å²) in [4.78, 5) is 21.0. The largest absolute Gasteiger partial charge is 0.573 e. The fourth-order valence-electron chi connectivity index (χ4n) is 3.75.